The molecule has 2 fully saturated rings. The average Bonchev–Trinajstić information content (AvgIpc) is 3.06. The highest BCUT2D eigenvalue weighted by Gasteiger charge is 2.75. The van der Waals surface area contributed by atoms with Crippen LogP contribution < -0.4 is 0 Å². The quantitative estimate of drug-likeness (QED) is 0.642. The van der Waals surface area contributed by atoms with Crippen molar-refractivity contribution in [3.8, 4) is 0 Å². The molecule has 5 rings (SSSR count). The first-order chi connectivity index (χ1) is 12.0. The predicted molar refractivity (Wildman–Crippen MR) is 93.2 cm³/mol. The van der Waals surface area contributed by atoms with E-state index in [1.807, 2.05) is 25.1 Å². The highest BCUT2D eigenvalue weighted by Crippen LogP contribution is 2.75. The smallest absolute Gasteiger partial charge is 0.315 e. The number of aliphatic hydroxyl groups is 2. The van der Waals surface area contributed by atoms with Gasteiger partial charge in [-0.05, 0) is 48.0 Å². The summed E-state index contributed by atoms with van der Waals surface area (Å²) in [6, 6.07) is 8.17. The monoisotopic (exact) mass is 338 g/mol. The molecule has 0 aliphatic heterocycles. The van der Waals surface area contributed by atoms with Crippen LogP contribution in [0.1, 0.15) is 30.9 Å². The van der Waals surface area contributed by atoms with Crippen molar-refractivity contribution >= 4 is 17.1 Å². The van der Waals surface area contributed by atoms with Crippen LogP contribution in [0.5, 0.6) is 0 Å². The molecule has 4 unspecified atom stereocenters. The molecule has 0 amide bonds. The maximum atomic E-state index is 12.8. The van der Waals surface area contributed by atoms with Crippen LogP contribution in [0, 0.1) is 23.2 Å². The Balaban J connectivity index is 1.73. The lowest BCUT2D eigenvalue weighted by molar-refractivity contribution is -0.169. The summed E-state index contributed by atoms with van der Waals surface area (Å²) in [5.41, 5.74) is 3.82. The van der Waals surface area contributed by atoms with E-state index < -0.39 is 11.0 Å². The first-order valence-corrected chi connectivity index (χ1v) is 8.95. The standard InChI is InChI=1S/C21H22O4/c1-3-11-16-9-21(24)17-13-7-5-4-6-12(13)14(17)8-15(18(11)21)20(16,10-22)19(23)25-2/h3-7,15-16,18,22,24H,8-10H2,1-2H3/t15?,16?,18?,20?,21-/m1/s1. The van der Waals surface area contributed by atoms with Crippen LogP contribution in [0.15, 0.2) is 35.9 Å². The Morgan fingerprint density at radius 2 is 2.08 bits per heavy atom. The molecule has 0 heterocycles. The van der Waals surface area contributed by atoms with Crippen molar-refractivity contribution in [2.75, 3.05) is 13.7 Å². The van der Waals surface area contributed by atoms with Gasteiger partial charge >= 0.3 is 5.97 Å². The Hall–Kier alpha value is -1.91. The van der Waals surface area contributed by atoms with E-state index >= 15 is 0 Å². The minimum atomic E-state index is -0.934. The van der Waals surface area contributed by atoms with Crippen molar-refractivity contribution in [2.45, 2.75) is 25.4 Å². The van der Waals surface area contributed by atoms with Gasteiger partial charge in [0.05, 0.1) is 19.3 Å². The average molecular weight is 338 g/mol. The van der Waals surface area contributed by atoms with Gasteiger partial charge in [0.15, 0.2) is 0 Å². The minimum absolute atomic E-state index is 0.110. The Kier molecular flexibility index (Phi) is 2.84. The Labute approximate surface area is 146 Å². The first kappa shape index (κ1) is 15.4. The Morgan fingerprint density at radius 3 is 2.72 bits per heavy atom. The molecule has 2 saturated carbocycles. The van der Waals surface area contributed by atoms with Crippen molar-refractivity contribution in [3.63, 3.8) is 0 Å². The summed E-state index contributed by atoms with van der Waals surface area (Å²) in [4.78, 5) is 12.8. The number of rotatable bonds is 2. The van der Waals surface area contributed by atoms with Crippen LogP contribution in [0.3, 0.4) is 0 Å². The van der Waals surface area contributed by atoms with Crippen LogP contribution in [0.2, 0.25) is 0 Å². The van der Waals surface area contributed by atoms with E-state index in [0.717, 1.165) is 22.3 Å². The summed E-state index contributed by atoms with van der Waals surface area (Å²) in [7, 11) is 1.39. The molecular weight excluding hydrogens is 316 g/mol. The molecule has 4 nitrogen and oxygen atoms in total. The lowest BCUT2D eigenvalue weighted by Crippen LogP contribution is -2.57. The molecule has 5 atom stereocenters. The van der Waals surface area contributed by atoms with Gasteiger partial charge in [-0.3, -0.25) is 4.79 Å². The van der Waals surface area contributed by atoms with Crippen LogP contribution in [0.25, 0.3) is 11.1 Å². The molecule has 2 bridgehead atoms. The van der Waals surface area contributed by atoms with Crippen LogP contribution in [-0.4, -0.2) is 35.5 Å². The SMILES string of the molecule is CC=C1C2C[C@@]3(O)C4=C(CC(C13)C2(CO)C(=O)OC)c1ccccc14. The normalized spacial score (nSPS) is 41.4. The molecular formula is C21H22O4. The molecule has 4 heteroatoms. The fraction of sp³-hybridized carbons (Fsp3) is 0.476. The van der Waals surface area contributed by atoms with Crippen molar-refractivity contribution in [1.29, 1.82) is 0 Å². The number of benzene rings is 1. The maximum Gasteiger partial charge on any atom is 0.315 e. The third-order valence-electron chi connectivity index (χ3n) is 7.32. The molecule has 25 heavy (non-hydrogen) atoms. The van der Waals surface area contributed by atoms with Gasteiger partial charge in [-0.2, -0.15) is 0 Å². The summed E-state index contributed by atoms with van der Waals surface area (Å²) < 4.78 is 5.12. The van der Waals surface area contributed by atoms with E-state index in [0.29, 0.717) is 12.8 Å². The van der Waals surface area contributed by atoms with Crippen LogP contribution in [0.4, 0.5) is 0 Å². The summed E-state index contributed by atoms with van der Waals surface area (Å²) in [6.07, 6.45) is 3.23. The number of hydrogen-bond donors (Lipinski definition) is 2. The fourth-order valence-corrected chi connectivity index (χ4v) is 6.49. The van der Waals surface area contributed by atoms with Gasteiger partial charge in [0.2, 0.25) is 0 Å². The molecule has 0 spiro atoms. The number of esters is 1. The molecule has 4 aliphatic carbocycles. The number of allylic oxidation sites excluding steroid dienone is 2. The van der Waals surface area contributed by atoms with Gasteiger partial charge in [-0.15, -0.1) is 0 Å². The van der Waals surface area contributed by atoms with Gasteiger partial charge < -0.3 is 14.9 Å². The number of hydrogen-bond acceptors (Lipinski definition) is 4. The summed E-state index contributed by atoms with van der Waals surface area (Å²) in [5.74, 6) is -0.727. The van der Waals surface area contributed by atoms with E-state index in [1.54, 1.807) is 0 Å². The largest absolute Gasteiger partial charge is 0.468 e. The zero-order chi connectivity index (χ0) is 17.6. The third kappa shape index (κ3) is 1.43. The predicted octanol–water partition coefficient (Wildman–Crippen LogP) is 2.41. The zero-order valence-electron chi connectivity index (χ0n) is 14.5. The Morgan fingerprint density at radius 1 is 1.36 bits per heavy atom. The molecule has 2 N–H and O–H groups in total. The number of carbonyl (C=O) groups is 1. The number of methoxy groups -OCH3 is 1. The van der Waals surface area contributed by atoms with Crippen molar-refractivity contribution < 1.29 is 19.7 Å². The molecule has 0 aromatic heterocycles. The van der Waals surface area contributed by atoms with E-state index in [-0.39, 0.29) is 30.3 Å². The highest BCUT2D eigenvalue weighted by molar-refractivity contribution is 6.08. The third-order valence-corrected chi connectivity index (χ3v) is 7.32. The fourth-order valence-electron chi connectivity index (χ4n) is 6.49. The number of aliphatic hydroxyl groups excluding tert-OH is 1. The lowest BCUT2D eigenvalue weighted by atomic mass is 9.51. The molecule has 4 aliphatic rings. The van der Waals surface area contributed by atoms with Gasteiger partial charge in [0, 0.05) is 11.8 Å². The molecule has 130 valence electrons. The van der Waals surface area contributed by atoms with Crippen LogP contribution in [-0.2, 0) is 9.53 Å². The zero-order valence-corrected chi connectivity index (χ0v) is 14.5. The van der Waals surface area contributed by atoms with Crippen molar-refractivity contribution in [1.82, 2.24) is 0 Å². The minimum Gasteiger partial charge on any atom is -0.468 e. The van der Waals surface area contributed by atoms with Gasteiger partial charge in [0.25, 0.3) is 0 Å². The van der Waals surface area contributed by atoms with Crippen LogP contribution >= 0.6 is 0 Å². The molecule has 0 radical (unpaired) electrons. The van der Waals surface area contributed by atoms with Crippen molar-refractivity contribution in [3.05, 3.63) is 47.0 Å². The van der Waals surface area contributed by atoms with E-state index in [1.165, 1.54) is 12.7 Å². The second-order valence-electron chi connectivity index (χ2n) is 7.85. The first-order valence-electron chi connectivity index (χ1n) is 8.95. The Bertz CT molecular complexity index is 866. The van der Waals surface area contributed by atoms with E-state index in [9.17, 15) is 15.0 Å². The second kappa shape index (κ2) is 4.63. The summed E-state index contributed by atoms with van der Waals surface area (Å²) in [6.45, 7) is 1.73. The van der Waals surface area contributed by atoms with Gasteiger partial charge in [0.1, 0.15) is 5.41 Å². The topological polar surface area (TPSA) is 66.8 Å². The molecule has 1 aromatic carbocycles. The molecule has 1 aromatic rings. The van der Waals surface area contributed by atoms with Gasteiger partial charge in [-0.1, -0.05) is 35.9 Å². The van der Waals surface area contributed by atoms with E-state index in [4.69, 9.17) is 4.74 Å². The van der Waals surface area contributed by atoms with Crippen molar-refractivity contribution in [2.24, 2.45) is 23.2 Å². The molecule has 0 saturated heterocycles. The highest BCUT2D eigenvalue weighted by atomic mass is 16.5. The van der Waals surface area contributed by atoms with E-state index in [2.05, 4.69) is 12.1 Å². The van der Waals surface area contributed by atoms with Gasteiger partial charge in [-0.25, -0.2) is 0 Å². The lowest BCUT2D eigenvalue weighted by Gasteiger charge is -2.54. The summed E-state index contributed by atoms with van der Waals surface area (Å²) in [5, 5.41) is 22.0. The number of fused-ring (bicyclic) bond motifs is 5. The number of ether oxygens (including phenoxy) is 1. The number of carbonyl (C=O) groups excluding carboxylic acids is 1. The second-order valence-corrected chi connectivity index (χ2v) is 7.85. The maximum absolute atomic E-state index is 12.8. The summed E-state index contributed by atoms with van der Waals surface area (Å²) >= 11 is 0.